The van der Waals surface area contributed by atoms with E-state index < -0.39 is 5.97 Å². The molecular formula is C17H27N3O4. The van der Waals surface area contributed by atoms with Crippen LogP contribution in [0, 0.1) is 0 Å². The summed E-state index contributed by atoms with van der Waals surface area (Å²) < 4.78 is 15.3. The molecule has 0 aliphatic rings. The van der Waals surface area contributed by atoms with Crippen molar-refractivity contribution in [2.45, 2.75) is 26.0 Å². The minimum absolute atomic E-state index is 0.296. The predicted octanol–water partition coefficient (Wildman–Crippen LogP) is 1.57. The molecule has 1 aromatic rings. The molecule has 0 aromatic heterocycles. The molecule has 0 saturated heterocycles. The maximum atomic E-state index is 11.8. The second kappa shape index (κ2) is 9.12. The molecule has 0 radical (unpaired) electrons. The first-order chi connectivity index (χ1) is 11.4. The van der Waals surface area contributed by atoms with Crippen molar-refractivity contribution in [1.82, 2.24) is 10.6 Å². The molecule has 7 heteroatoms. The first kappa shape index (κ1) is 19.8. The normalized spacial score (nSPS) is 11.8. The molecule has 0 unspecified atom stereocenters. The van der Waals surface area contributed by atoms with Crippen LogP contribution in [0.15, 0.2) is 23.2 Å². The molecule has 0 fully saturated rings. The molecule has 1 rings (SSSR count). The SMILES string of the molecule is CN=C(NCc1ccc(OC)c(C(=O)OC)c1)NCC(C)(C)OC. The monoisotopic (exact) mass is 337 g/mol. The predicted molar refractivity (Wildman–Crippen MR) is 93.6 cm³/mol. The lowest BCUT2D eigenvalue weighted by atomic mass is 10.1. The number of methoxy groups -OCH3 is 3. The molecule has 0 heterocycles. The summed E-state index contributed by atoms with van der Waals surface area (Å²) in [5, 5.41) is 6.39. The van der Waals surface area contributed by atoms with E-state index in [0.29, 0.717) is 30.4 Å². The molecule has 134 valence electrons. The van der Waals surface area contributed by atoms with Crippen molar-refractivity contribution in [1.29, 1.82) is 0 Å². The van der Waals surface area contributed by atoms with Crippen LogP contribution in [0.4, 0.5) is 0 Å². The molecule has 0 amide bonds. The number of carbonyl (C=O) groups is 1. The van der Waals surface area contributed by atoms with Crippen LogP contribution in [-0.2, 0) is 16.0 Å². The lowest BCUT2D eigenvalue weighted by Gasteiger charge is -2.24. The minimum Gasteiger partial charge on any atom is -0.496 e. The van der Waals surface area contributed by atoms with Gasteiger partial charge in [0.15, 0.2) is 5.96 Å². The number of aliphatic imine (C=N–C) groups is 1. The number of rotatable bonds is 7. The summed E-state index contributed by atoms with van der Waals surface area (Å²) in [6.45, 7) is 5.08. The van der Waals surface area contributed by atoms with Crippen LogP contribution in [0.2, 0.25) is 0 Å². The van der Waals surface area contributed by atoms with Gasteiger partial charge in [0.2, 0.25) is 0 Å². The minimum atomic E-state index is -0.432. The van der Waals surface area contributed by atoms with Gasteiger partial charge in [0.25, 0.3) is 0 Å². The summed E-state index contributed by atoms with van der Waals surface area (Å²) in [6.07, 6.45) is 0. The zero-order valence-electron chi connectivity index (χ0n) is 15.2. The fourth-order valence-electron chi connectivity index (χ4n) is 1.91. The van der Waals surface area contributed by atoms with E-state index >= 15 is 0 Å². The highest BCUT2D eigenvalue weighted by molar-refractivity contribution is 5.92. The molecule has 0 saturated carbocycles. The second-order valence-corrected chi connectivity index (χ2v) is 5.77. The van der Waals surface area contributed by atoms with E-state index in [1.807, 2.05) is 19.9 Å². The molecule has 0 aliphatic carbocycles. The van der Waals surface area contributed by atoms with E-state index in [1.54, 1.807) is 26.3 Å². The van der Waals surface area contributed by atoms with Crippen LogP contribution in [0.3, 0.4) is 0 Å². The van der Waals surface area contributed by atoms with Gasteiger partial charge in [-0.15, -0.1) is 0 Å². The lowest BCUT2D eigenvalue weighted by Crippen LogP contribution is -2.45. The van der Waals surface area contributed by atoms with E-state index in [2.05, 4.69) is 15.6 Å². The van der Waals surface area contributed by atoms with Gasteiger partial charge < -0.3 is 24.8 Å². The van der Waals surface area contributed by atoms with Crippen molar-refractivity contribution in [3.63, 3.8) is 0 Å². The Kier molecular flexibility index (Phi) is 7.51. The maximum Gasteiger partial charge on any atom is 0.341 e. The van der Waals surface area contributed by atoms with Gasteiger partial charge in [0, 0.05) is 27.2 Å². The van der Waals surface area contributed by atoms with Crippen LogP contribution in [0.1, 0.15) is 29.8 Å². The Hall–Kier alpha value is -2.28. The van der Waals surface area contributed by atoms with Crippen molar-refractivity contribution >= 4 is 11.9 Å². The summed E-state index contributed by atoms with van der Waals surface area (Å²) >= 11 is 0. The van der Waals surface area contributed by atoms with Gasteiger partial charge in [-0.1, -0.05) is 6.07 Å². The summed E-state index contributed by atoms with van der Waals surface area (Å²) in [5.74, 6) is 0.698. The van der Waals surface area contributed by atoms with E-state index in [1.165, 1.54) is 14.2 Å². The number of carbonyl (C=O) groups excluding carboxylic acids is 1. The molecule has 24 heavy (non-hydrogen) atoms. The Labute approximate surface area is 143 Å². The zero-order valence-corrected chi connectivity index (χ0v) is 15.2. The lowest BCUT2D eigenvalue weighted by molar-refractivity contribution is 0.0268. The molecule has 0 aliphatic heterocycles. The van der Waals surface area contributed by atoms with Gasteiger partial charge in [-0.2, -0.15) is 0 Å². The Morgan fingerprint density at radius 2 is 1.92 bits per heavy atom. The number of guanidine groups is 1. The van der Waals surface area contributed by atoms with Gasteiger partial charge >= 0.3 is 5.97 Å². The third-order valence-corrected chi connectivity index (χ3v) is 3.59. The Morgan fingerprint density at radius 1 is 1.21 bits per heavy atom. The number of nitrogens with zero attached hydrogens (tertiary/aromatic N) is 1. The highest BCUT2D eigenvalue weighted by atomic mass is 16.5. The first-order valence-corrected chi connectivity index (χ1v) is 7.61. The van der Waals surface area contributed by atoms with Gasteiger partial charge in [0.05, 0.1) is 19.8 Å². The number of nitrogens with one attached hydrogen (secondary N) is 2. The number of hydrogen-bond donors (Lipinski definition) is 2. The summed E-state index contributed by atoms with van der Waals surface area (Å²) in [5.41, 5.74) is 1.00. The van der Waals surface area contributed by atoms with Crippen LogP contribution < -0.4 is 15.4 Å². The van der Waals surface area contributed by atoms with Gasteiger partial charge in [0.1, 0.15) is 11.3 Å². The van der Waals surface area contributed by atoms with Crippen molar-refractivity contribution in [2.24, 2.45) is 4.99 Å². The molecular weight excluding hydrogens is 310 g/mol. The smallest absolute Gasteiger partial charge is 0.341 e. The fourth-order valence-corrected chi connectivity index (χ4v) is 1.91. The largest absolute Gasteiger partial charge is 0.496 e. The third-order valence-electron chi connectivity index (χ3n) is 3.59. The Balaban J connectivity index is 2.74. The van der Waals surface area contributed by atoms with Crippen LogP contribution in [0.25, 0.3) is 0 Å². The van der Waals surface area contributed by atoms with E-state index in [4.69, 9.17) is 14.2 Å². The number of ether oxygens (including phenoxy) is 3. The summed E-state index contributed by atoms with van der Waals surface area (Å²) in [7, 11) is 6.23. The quantitative estimate of drug-likeness (QED) is 0.447. The van der Waals surface area contributed by atoms with Crippen molar-refractivity contribution < 1.29 is 19.0 Å². The zero-order chi connectivity index (χ0) is 18.2. The molecule has 0 spiro atoms. The third kappa shape index (κ3) is 5.73. The molecule has 0 atom stereocenters. The molecule has 0 bridgehead atoms. The van der Waals surface area contributed by atoms with Crippen LogP contribution >= 0.6 is 0 Å². The average molecular weight is 337 g/mol. The van der Waals surface area contributed by atoms with Crippen LogP contribution in [-0.4, -0.2) is 52.5 Å². The average Bonchev–Trinajstić information content (AvgIpc) is 2.60. The van der Waals surface area contributed by atoms with E-state index in [-0.39, 0.29) is 5.60 Å². The molecule has 7 nitrogen and oxygen atoms in total. The van der Waals surface area contributed by atoms with Gasteiger partial charge in [-0.05, 0) is 31.5 Å². The Morgan fingerprint density at radius 3 is 2.46 bits per heavy atom. The van der Waals surface area contributed by atoms with Gasteiger partial charge in [-0.25, -0.2) is 4.79 Å². The van der Waals surface area contributed by atoms with E-state index in [9.17, 15) is 4.79 Å². The highest BCUT2D eigenvalue weighted by Gasteiger charge is 2.17. The van der Waals surface area contributed by atoms with E-state index in [0.717, 1.165) is 5.56 Å². The fraction of sp³-hybridized carbons (Fsp3) is 0.529. The maximum absolute atomic E-state index is 11.8. The first-order valence-electron chi connectivity index (χ1n) is 7.61. The van der Waals surface area contributed by atoms with Crippen molar-refractivity contribution in [3.8, 4) is 5.75 Å². The number of esters is 1. The van der Waals surface area contributed by atoms with Gasteiger partial charge in [-0.3, -0.25) is 4.99 Å². The topological polar surface area (TPSA) is 81.2 Å². The summed E-state index contributed by atoms with van der Waals surface area (Å²) in [6, 6.07) is 5.36. The highest BCUT2D eigenvalue weighted by Crippen LogP contribution is 2.20. The number of hydrogen-bond acceptors (Lipinski definition) is 5. The standard InChI is InChI=1S/C17H27N3O4/c1-17(2,24-6)11-20-16(18-3)19-10-12-7-8-14(22-4)13(9-12)15(21)23-5/h7-9H,10-11H2,1-6H3,(H2,18,19,20). The summed E-state index contributed by atoms with van der Waals surface area (Å²) in [4.78, 5) is 16.0. The van der Waals surface area contributed by atoms with Crippen LogP contribution in [0.5, 0.6) is 5.75 Å². The number of benzene rings is 1. The Bertz CT molecular complexity index is 585. The molecule has 2 N–H and O–H groups in total. The molecule has 1 aromatic carbocycles. The second-order valence-electron chi connectivity index (χ2n) is 5.77. The van der Waals surface area contributed by atoms with Crippen molar-refractivity contribution in [2.75, 3.05) is 34.9 Å². The van der Waals surface area contributed by atoms with Crippen molar-refractivity contribution in [3.05, 3.63) is 29.3 Å².